The van der Waals surface area contributed by atoms with Gasteiger partial charge < -0.3 is 10.2 Å². The van der Waals surface area contributed by atoms with E-state index in [9.17, 15) is 0 Å². The Balaban J connectivity index is 1.79. The van der Waals surface area contributed by atoms with E-state index >= 15 is 0 Å². The van der Waals surface area contributed by atoms with Gasteiger partial charge in [-0.25, -0.2) is 0 Å². The molecule has 0 aromatic heterocycles. The van der Waals surface area contributed by atoms with Crippen molar-refractivity contribution in [2.45, 2.75) is 25.4 Å². The van der Waals surface area contributed by atoms with Crippen LogP contribution in [-0.2, 0) is 6.54 Å². The molecule has 0 bridgehead atoms. The summed E-state index contributed by atoms with van der Waals surface area (Å²) in [6.07, 6.45) is 2.68. The molecule has 0 amide bonds. The molecule has 2 rings (SSSR count). The molecule has 1 saturated heterocycles. The van der Waals surface area contributed by atoms with Crippen molar-refractivity contribution in [3.8, 4) is 0 Å². The minimum Gasteiger partial charge on any atom is -0.340 e. The fourth-order valence-electron chi connectivity index (χ4n) is 2.34. The highest BCUT2D eigenvalue weighted by molar-refractivity contribution is 6.30. The highest BCUT2D eigenvalue weighted by Gasteiger charge is 2.21. The lowest BCUT2D eigenvalue weighted by molar-refractivity contribution is -0.894. The normalized spacial score (nSPS) is 25.6. The van der Waals surface area contributed by atoms with Crippen LogP contribution in [0.25, 0.3) is 0 Å². The summed E-state index contributed by atoms with van der Waals surface area (Å²) in [6.45, 7) is 3.69. The van der Waals surface area contributed by atoms with Crippen molar-refractivity contribution >= 4 is 11.6 Å². The van der Waals surface area contributed by atoms with Gasteiger partial charge in [-0.2, -0.15) is 0 Å². The second-order valence-corrected chi connectivity index (χ2v) is 5.30. The maximum atomic E-state index is 5.97. The topological polar surface area (TPSA) is 21.1 Å². The monoisotopic (exact) mass is 240 g/mol. The number of rotatable bonds is 3. The first-order valence-corrected chi connectivity index (χ1v) is 6.51. The zero-order chi connectivity index (χ0) is 11.4. The van der Waals surface area contributed by atoms with Crippen LogP contribution in [0.5, 0.6) is 0 Å². The molecule has 1 aliphatic heterocycles. The Bertz CT molecular complexity index is 332. The van der Waals surface area contributed by atoms with Crippen molar-refractivity contribution in [1.29, 1.82) is 0 Å². The minimum atomic E-state index is 0.808. The van der Waals surface area contributed by atoms with Crippen molar-refractivity contribution < 1.29 is 10.2 Å². The summed E-state index contributed by atoms with van der Waals surface area (Å²) < 4.78 is 0. The van der Waals surface area contributed by atoms with E-state index in [0.717, 1.165) is 17.6 Å². The summed E-state index contributed by atoms with van der Waals surface area (Å²) in [7, 11) is 2.28. The lowest BCUT2D eigenvalue weighted by Gasteiger charge is -2.24. The van der Waals surface area contributed by atoms with Crippen molar-refractivity contribution in [3.63, 3.8) is 0 Å². The largest absolute Gasteiger partial charge is 0.340 e. The Hall–Kier alpha value is -0.570. The molecule has 0 radical (unpaired) electrons. The Kier molecular flexibility index (Phi) is 4.22. The number of piperidine rings is 1. The van der Waals surface area contributed by atoms with Crippen LogP contribution >= 0.6 is 11.6 Å². The van der Waals surface area contributed by atoms with Crippen LogP contribution in [0.15, 0.2) is 24.3 Å². The summed E-state index contributed by atoms with van der Waals surface area (Å²) in [6, 6.07) is 9.00. The summed E-state index contributed by atoms with van der Waals surface area (Å²) in [5.74, 6) is 0. The molecule has 0 spiro atoms. The van der Waals surface area contributed by atoms with E-state index in [1.165, 1.54) is 31.5 Å². The van der Waals surface area contributed by atoms with Crippen molar-refractivity contribution in [2.75, 3.05) is 20.1 Å². The van der Waals surface area contributed by atoms with Crippen LogP contribution in [0.4, 0.5) is 0 Å². The average molecular weight is 241 g/mol. The maximum absolute atomic E-state index is 5.97. The molecule has 0 atom stereocenters. The van der Waals surface area contributed by atoms with E-state index < -0.39 is 0 Å². The van der Waals surface area contributed by atoms with E-state index in [4.69, 9.17) is 11.6 Å². The highest BCUT2D eigenvalue weighted by Crippen LogP contribution is 2.09. The van der Waals surface area contributed by atoms with Gasteiger partial charge >= 0.3 is 0 Å². The zero-order valence-corrected chi connectivity index (χ0v) is 10.6. The predicted octanol–water partition coefficient (Wildman–Crippen LogP) is 0.0805. The molecule has 1 fully saturated rings. The van der Waals surface area contributed by atoms with Crippen LogP contribution in [0.2, 0.25) is 5.02 Å². The van der Waals surface area contributed by atoms with E-state index in [1.54, 1.807) is 4.90 Å². The van der Waals surface area contributed by atoms with Crippen LogP contribution in [-0.4, -0.2) is 26.2 Å². The predicted molar refractivity (Wildman–Crippen MR) is 66.7 cm³/mol. The van der Waals surface area contributed by atoms with Gasteiger partial charge in [0.15, 0.2) is 0 Å². The molecule has 1 heterocycles. The van der Waals surface area contributed by atoms with Crippen LogP contribution < -0.4 is 10.2 Å². The third kappa shape index (κ3) is 3.48. The molecule has 1 aromatic carbocycles. The van der Waals surface area contributed by atoms with Gasteiger partial charge in [0.25, 0.3) is 0 Å². The van der Waals surface area contributed by atoms with Gasteiger partial charge in [-0.15, -0.1) is 0 Å². The second kappa shape index (κ2) is 5.67. The van der Waals surface area contributed by atoms with E-state index in [0.29, 0.717) is 0 Å². The SMILES string of the molecule is C[NH+]1CCC([NH2+]Cc2cccc(Cl)c2)CC1. The lowest BCUT2D eigenvalue weighted by atomic mass is 10.1. The highest BCUT2D eigenvalue weighted by atomic mass is 35.5. The molecular formula is C13H21ClN2+2. The first-order chi connectivity index (χ1) is 7.74. The zero-order valence-electron chi connectivity index (χ0n) is 9.88. The van der Waals surface area contributed by atoms with Gasteiger partial charge in [-0.05, 0) is 12.1 Å². The van der Waals surface area contributed by atoms with Crippen molar-refractivity contribution in [3.05, 3.63) is 34.9 Å². The molecule has 88 valence electrons. The minimum absolute atomic E-state index is 0.808. The van der Waals surface area contributed by atoms with Gasteiger partial charge in [0.05, 0.1) is 26.2 Å². The van der Waals surface area contributed by atoms with Gasteiger partial charge in [0.1, 0.15) is 6.54 Å². The molecule has 0 aliphatic carbocycles. The lowest BCUT2D eigenvalue weighted by Crippen LogP contribution is -3.12. The number of nitrogens with two attached hydrogens (primary N) is 1. The molecule has 16 heavy (non-hydrogen) atoms. The number of likely N-dealkylation sites (tertiary alicyclic amines) is 1. The van der Waals surface area contributed by atoms with Crippen molar-refractivity contribution in [2.24, 2.45) is 0 Å². The fourth-order valence-corrected chi connectivity index (χ4v) is 2.55. The summed E-state index contributed by atoms with van der Waals surface area (Å²) in [4.78, 5) is 1.67. The first-order valence-electron chi connectivity index (χ1n) is 6.13. The van der Waals surface area contributed by atoms with Crippen LogP contribution in [0.3, 0.4) is 0 Å². The number of hydrogen-bond donors (Lipinski definition) is 2. The number of quaternary nitrogens is 2. The smallest absolute Gasteiger partial charge is 0.101 e. The van der Waals surface area contributed by atoms with Crippen molar-refractivity contribution in [1.82, 2.24) is 0 Å². The second-order valence-electron chi connectivity index (χ2n) is 4.86. The summed E-state index contributed by atoms with van der Waals surface area (Å²) in [5.41, 5.74) is 1.33. The standard InChI is InChI=1S/C13H19ClN2/c1-16-7-5-13(6-8-16)15-10-11-3-2-4-12(14)9-11/h2-4,9,13,15H,5-8,10H2,1H3/p+2. The fraction of sp³-hybridized carbons (Fsp3) is 0.538. The number of nitrogens with one attached hydrogen (secondary N) is 1. The average Bonchev–Trinajstić information content (AvgIpc) is 2.28. The number of benzene rings is 1. The first kappa shape index (κ1) is 11.9. The van der Waals surface area contributed by atoms with E-state index in [2.05, 4.69) is 24.5 Å². The Morgan fingerprint density at radius 3 is 2.81 bits per heavy atom. The summed E-state index contributed by atoms with van der Waals surface area (Å²) in [5, 5.41) is 3.32. The number of halogens is 1. The molecular weight excluding hydrogens is 220 g/mol. The molecule has 0 saturated carbocycles. The quantitative estimate of drug-likeness (QED) is 0.747. The van der Waals surface area contributed by atoms with Crippen LogP contribution in [0, 0.1) is 0 Å². The molecule has 3 heteroatoms. The number of hydrogen-bond acceptors (Lipinski definition) is 0. The Morgan fingerprint density at radius 1 is 1.38 bits per heavy atom. The Labute approximate surface area is 103 Å². The molecule has 0 unspecified atom stereocenters. The molecule has 1 aromatic rings. The van der Waals surface area contributed by atoms with Gasteiger partial charge in [0.2, 0.25) is 0 Å². The third-order valence-corrected chi connectivity index (χ3v) is 3.69. The molecule has 3 N–H and O–H groups in total. The maximum Gasteiger partial charge on any atom is 0.101 e. The Morgan fingerprint density at radius 2 is 2.12 bits per heavy atom. The third-order valence-electron chi connectivity index (χ3n) is 3.46. The molecule has 2 nitrogen and oxygen atoms in total. The van der Waals surface area contributed by atoms with E-state index in [1.807, 2.05) is 12.1 Å². The van der Waals surface area contributed by atoms with Gasteiger partial charge in [0, 0.05) is 23.4 Å². The molecule has 1 aliphatic rings. The van der Waals surface area contributed by atoms with Gasteiger partial charge in [-0.1, -0.05) is 23.7 Å². The van der Waals surface area contributed by atoms with Gasteiger partial charge in [-0.3, -0.25) is 0 Å². The van der Waals surface area contributed by atoms with E-state index in [-0.39, 0.29) is 0 Å². The summed E-state index contributed by atoms with van der Waals surface area (Å²) >= 11 is 5.97. The van der Waals surface area contributed by atoms with Crippen LogP contribution in [0.1, 0.15) is 18.4 Å².